The summed E-state index contributed by atoms with van der Waals surface area (Å²) in [6.45, 7) is 8.21. The van der Waals surface area contributed by atoms with Crippen molar-refractivity contribution >= 4 is 5.91 Å². The van der Waals surface area contributed by atoms with Crippen LogP contribution in [0, 0.1) is 18.7 Å². The molecular weight excluding hydrogens is 295 g/mol. The quantitative estimate of drug-likeness (QED) is 0.904. The van der Waals surface area contributed by atoms with Crippen LogP contribution in [0.15, 0.2) is 18.2 Å². The Morgan fingerprint density at radius 2 is 2.17 bits per heavy atom. The maximum absolute atomic E-state index is 13.7. The summed E-state index contributed by atoms with van der Waals surface area (Å²) in [6.07, 6.45) is 0.588. The fourth-order valence-electron chi connectivity index (χ4n) is 3.13. The maximum atomic E-state index is 13.7. The third-order valence-corrected chi connectivity index (χ3v) is 5.05. The van der Waals surface area contributed by atoms with Crippen molar-refractivity contribution in [3.8, 4) is 0 Å². The number of aliphatic hydroxyl groups excluding tert-OH is 1. The van der Waals surface area contributed by atoms with E-state index in [4.69, 9.17) is 0 Å². The second-order valence-corrected chi connectivity index (χ2v) is 6.75. The molecule has 1 N–H and O–H groups in total. The molecule has 1 heterocycles. The summed E-state index contributed by atoms with van der Waals surface area (Å²) in [7, 11) is 1.77. The first kappa shape index (κ1) is 17.9. The molecule has 0 bridgehead atoms. The van der Waals surface area contributed by atoms with Crippen molar-refractivity contribution in [2.24, 2.45) is 5.92 Å². The van der Waals surface area contributed by atoms with E-state index in [0.717, 1.165) is 19.5 Å². The Morgan fingerprint density at radius 1 is 1.48 bits per heavy atom. The molecule has 1 aliphatic heterocycles. The highest BCUT2D eigenvalue weighted by atomic mass is 19.1. The Hall–Kier alpha value is -1.46. The molecule has 1 amide bonds. The molecule has 5 heteroatoms. The largest absolute Gasteiger partial charge is 0.392 e. The zero-order valence-electron chi connectivity index (χ0n) is 14.4. The molecule has 0 saturated carbocycles. The first-order valence-corrected chi connectivity index (χ1v) is 8.24. The topological polar surface area (TPSA) is 43.8 Å². The lowest BCUT2D eigenvalue weighted by Crippen LogP contribution is -2.43. The summed E-state index contributed by atoms with van der Waals surface area (Å²) in [5.41, 5.74) is 0.815. The van der Waals surface area contributed by atoms with Gasteiger partial charge in [0, 0.05) is 38.3 Å². The van der Waals surface area contributed by atoms with Gasteiger partial charge in [-0.2, -0.15) is 0 Å². The lowest BCUT2D eigenvalue weighted by atomic mass is 10.00. The van der Waals surface area contributed by atoms with Gasteiger partial charge in [0.15, 0.2) is 0 Å². The summed E-state index contributed by atoms with van der Waals surface area (Å²) < 4.78 is 13.7. The fraction of sp³-hybridized carbons (Fsp3) is 0.611. The number of hydrogen-bond donors (Lipinski definition) is 1. The molecule has 4 nitrogen and oxygen atoms in total. The summed E-state index contributed by atoms with van der Waals surface area (Å²) in [5.74, 6) is -0.234. The van der Waals surface area contributed by atoms with Crippen molar-refractivity contribution in [2.75, 3.05) is 26.7 Å². The fourth-order valence-corrected chi connectivity index (χ4v) is 3.13. The van der Waals surface area contributed by atoms with Crippen LogP contribution in [0.1, 0.15) is 36.2 Å². The van der Waals surface area contributed by atoms with E-state index in [9.17, 15) is 14.3 Å². The van der Waals surface area contributed by atoms with Crippen LogP contribution in [0.5, 0.6) is 0 Å². The molecule has 0 aromatic heterocycles. The van der Waals surface area contributed by atoms with Gasteiger partial charge >= 0.3 is 0 Å². The number of halogens is 1. The highest BCUT2D eigenvalue weighted by molar-refractivity contribution is 5.95. The van der Waals surface area contributed by atoms with E-state index in [1.807, 2.05) is 6.92 Å². The second-order valence-electron chi connectivity index (χ2n) is 6.75. The van der Waals surface area contributed by atoms with Crippen molar-refractivity contribution in [3.63, 3.8) is 0 Å². The zero-order valence-corrected chi connectivity index (χ0v) is 14.4. The molecule has 23 heavy (non-hydrogen) atoms. The van der Waals surface area contributed by atoms with Crippen LogP contribution in [0.25, 0.3) is 0 Å². The van der Waals surface area contributed by atoms with Crippen molar-refractivity contribution in [3.05, 3.63) is 35.1 Å². The lowest BCUT2D eigenvalue weighted by molar-refractivity contribution is 0.0673. The normalized spacial score (nSPS) is 21.2. The highest BCUT2D eigenvalue weighted by Gasteiger charge is 2.27. The lowest BCUT2D eigenvalue weighted by Gasteiger charge is -2.32. The summed E-state index contributed by atoms with van der Waals surface area (Å²) >= 11 is 0. The number of carbonyl (C=O) groups excluding carboxylic acids is 1. The Balaban J connectivity index is 2.01. The molecule has 3 atom stereocenters. The Labute approximate surface area is 137 Å². The van der Waals surface area contributed by atoms with Gasteiger partial charge in [0.1, 0.15) is 5.82 Å². The van der Waals surface area contributed by atoms with Crippen LogP contribution in [-0.2, 0) is 0 Å². The molecule has 128 valence electrons. The predicted octanol–water partition coefficient (Wildman–Crippen LogP) is 2.30. The molecule has 0 aliphatic carbocycles. The summed E-state index contributed by atoms with van der Waals surface area (Å²) in [5, 5.41) is 9.61. The molecule has 1 aliphatic rings. The van der Waals surface area contributed by atoms with Crippen molar-refractivity contribution in [1.82, 2.24) is 9.80 Å². The Kier molecular flexibility index (Phi) is 5.76. The maximum Gasteiger partial charge on any atom is 0.254 e. The van der Waals surface area contributed by atoms with Crippen molar-refractivity contribution in [2.45, 2.75) is 39.3 Å². The Bertz CT molecular complexity index is 564. The molecular formula is C18H27FN2O2. The molecule has 1 unspecified atom stereocenters. The van der Waals surface area contributed by atoms with E-state index >= 15 is 0 Å². The van der Waals surface area contributed by atoms with E-state index in [0.29, 0.717) is 17.7 Å². The van der Waals surface area contributed by atoms with E-state index in [1.54, 1.807) is 31.0 Å². The minimum absolute atomic E-state index is 0.0305. The third-order valence-electron chi connectivity index (χ3n) is 5.05. The predicted molar refractivity (Wildman–Crippen MR) is 88.9 cm³/mol. The number of nitrogens with zero attached hydrogens (tertiary/aromatic N) is 2. The molecule has 1 aromatic rings. The molecule has 1 saturated heterocycles. The summed E-state index contributed by atoms with van der Waals surface area (Å²) in [6, 6.07) is 4.65. The molecule has 1 fully saturated rings. The average Bonchev–Trinajstić information content (AvgIpc) is 2.92. The van der Waals surface area contributed by atoms with Gasteiger partial charge in [-0.15, -0.1) is 0 Å². The number of carbonyl (C=O) groups is 1. The van der Waals surface area contributed by atoms with Crippen LogP contribution in [0.4, 0.5) is 4.39 Å². The van der Waals surface area contributed by atoms with Crippen LogP contribution >= 0.6 is 0 Å². The van der Waals surface area contributed by atoms with Crippen molar-refractivity contribution in [1.29, 1.82) is 0 Å². The first-order valence-electron chi connectivity index (χ1n) is 8.24. The van der Waals surface area contributed by atoms with E-state index in [1.165, 1.54) is 6.07 Å². The molecule has 2 rings (SSSR count). The van der Waals surface area contributed by atoms with Gasteiger partial charge in [0.05, 0.1) is 6.10 Å². The summed E-state index contributed by atoms with van der Waals surface area (Å²) in [4.78, 5) is 16.6. The third kappa shape index (κ3) is 4.09. The van der Waals surface area contributed by atoms with Gasteiger partial charge in [-0.1, -0.05) is 13.0 Å². The van der Waals surface area contributed by atoms with Crippen LogP contribution in [-0.4, -0.2) is 59.6 Å². The first-order chi connectivity index (χ1) is 10.8. The number of likely N-dealkylation sites (tertiary alicyclic amines) is 1. The number of β-amino-alcohol motifs (C(OH)–C–C–N with tert-alkyl or cyclic N) is 1. The minimum Gasteiger partial charge on any atom is -0.392 e. The molecule has 0 radical (unpaired) electrons. The van der Waals surface area contributed by atoms with E-state index < -0.39 is 0 Å². The number of amides is 1. The van der Waals surface area contributed by atoms with Gasteiger partial charge in [-0.3, -0.25) is 4.79 Å². The average molecular weight is 322 g/mol. The number of benzene rings is 1. The van der Waals surface area contributed by atoms with Gasteiger partial charge in [0.25, 0.3) is 5.91 Å². The van der Waals surface area contributed by atoms with Crippen LogP contribution < -0.4 is 0 Å². The van der Waals surface area contributed by atoms with E-state index in [-0.39, 0.29) is 29.8 Å². The van der Waals surface area contributed by atoms with Gasteiger partial charge < -0.3 is 14.9 Å². The zero-order chi connectivity index (χ0) is 17.1. The second kappa shape index (κ2) is 7.41. The monoisotopic (exact) mass is 322 g/mol. The Morgan fingerprint density at radius 3 is 2.78 bits per heavy atom. The smallest absolute Gasteiger partial charge is 0.254 e. The van der Waals surface area contributed by atoms with Crippen LogP contribution in [0.3, 0.4) is 0 Å². The minimum atomic E-state index is -0.351. The molecule has 1 aromatic carbocycles. The highest BCUT2D eigenvalue weighted by Crippen LogP contribution is 2.19. The van der Waals surface area contributed by atoms with E-state index in [2.05, 4.69) is 11.8 Å². The number of hydrogen-bond acceptors (Lipinski definition) is 3. The number of rotatable bonds is 5. The molecule has 0 spiro atoms. The number of aliphatic hydroxyl groups is 1. The van der Waals surface area contributed by atoms with Gasteiger partial charge in [-0.25, -0.2) is 4.39 Å². The van der Waals surface area contributed by atoms with Gasteiger partial charge in [-0.05, 0) is 43.9 Å². The SMILES string of the molecule is Cc1c(F)cccc1C(=O)N(C)C(C)[C@H](C)CN1CC[C@H](O)C1. The standard InChI is InChI=1S/C18H27FN2O2/c1-12(10-21-9-8-15(22)11-21)14(3)20(4)18(23)16-6-5-7-17(19)13(16)2/h5-7,12,14-15,22H,8-11H2,1-4H3/t12-,14?,15+/m1/s1. The van der Waals surface area contributed by atoms with Crippen LogP contribution in [0.2, 0.25) is 0 Å². The van der Waals surface area contributed by atoms with Gasteiger partial charge in [0.2, 0.25) is 0 Å². The van der Waals surface area contributed by atoms with Crippen molar-refractivity contribution < 1.29 is 14.3 Å².